The summed E-state index contributed by atoms with van der Waals surface area (Å²) in [5.41, 5.74) is 3.68. The van der Waals surface area contributed by atoms with Gasteiger partial charge < -0.3 is 14.6 Å². The zero-order valence-electron chi connectivity index (χ0n) is 15.1. The standard InChI is InChI=1S/C20H17FN4O3/c1-28-20(27)17-7-6-16(22-17)19(26)25-9-8-15-13(11-25)10-18(24-23-15)12-2-4-14(21)5-3-12/h2-7,10,22H,8-9,11H2,1H3. The van der Waals surface area contributed by atoms with Crippen molar-refractivity contribution < 1.29 is 18.7 Å². The highest BCUT2D eigenvalue weighted by Crippen LogP contribution is 2.24. The predicted molar refractivity (Wildman–Crippen MR) is 98.0 cm³/mol. The van der Waals surface area contributed by atoms with Gasteiger partial charge in [-0.2, -0.15) is 10.2 Å². The lowest BCUT2D eigenvalue weighted by Gasteiger charge is -2.27. The summed E-state index contributed by atoms with van der Waals surface area (Å²) >= 11 is 0. The van der Waals surface area contributed by atoms with Gasteiger partial charge in [-0.3, -0.25) is 4.79 Å². The molecule has 1 aliphatic heterocycles. The fourth-order valence-corrected chi connectivity index (χ4v) is 3.18. The molecule has 3 aromatic rings. The maximum absolute atomic E-state index is 13.1. The lowest BCUT2D eigenvalue weighted by Crippen LogP contribution is -2.36. The van der Waals surface area contributed by atoms with Crippen molar-refractivity contribution in [3.8, 4) is 11.3 Å². The minimum atomic E-state index is -0.526. The van der Waals surface area contributed by atoms with Crippen LogP contribution in [-0.4, -0.2) is 45.6 Å². The second kappa shape index (κ2) is 7.22. The predicted octanol–water partition coefficient (Wildman–Crippen LogP) is 2.60. The van der Waals surface area contributed by atoms with Crippen LogP contribution in [0.3, 0.4) is 0 Å². The number of fused-ring (bicyclic) bond motifs is 1. The van der Waals surface area contributed by atoms with Crippen molar-refractivity contribution in [1.82, 2.24) is 20.1 Å². The minimum Gasteiger partial charge on any atom is -0.464 e. The number of H-pyrrole nitrogens is 1. The van der Waals surface area contributed by atoms with Crippen LogP contribution in [0.5, 0.6) is 0 Å². The number of benzene rings is 1. The van der Waals surface area contributed by atoms with Crippen LogP contribution < -0.4 is 0 Å². The summed E-state index contributed by atoms with van der Waals surface area (Å²) in [6.45, 7) is 0.882. The summed E-state index contributed by atoms with van der Waals surface area (Å²) in [6.07, 6.45) is 0.586. The van der Waals surface area contributed by atoms with E-state index in [1.54, 1.807) is 23.1 Å². The number of hydrogen-bond donors (Lipinski definition) is 1. The van der Waals surface area contributed by atoms with Crippen LogP contribution in [-0.2, 0) is 17.7 Å². The molecule has 0 radical (unpaired) electrons. The molecule has 0 spiro atoms. The number of carbonyl (C=O) groups excluding carboxylic acids is 2. The zero-order chi connectivity index (χ0) is 19.7. The molecule has 0 atom stereocenters. The van der Waals surface area contributed by atoms with E-state index in [2.05, 4.69) is 19.9 Å². The van der Waals surface area contributed by atoms with E-state index >= 15 is 0 Å². The third-order valence-electron chi connectivity index (χ3n) is 4.69. The Bertz CT molecular complexity index is 1050. The Labute approximate surface area is 160 Å². The second-order valence-corrected chi connectivity index (χ2v) is 6.46. The summed E-state index contributed by atoms with van der Waals surface area (Å²) in [5, 5.41) is 8.49. The van der Waals surface area contributed by atoms with Gasteiger partial charge in [0, 0.05) is 25.1 Å². The van der Waals surface area contributed by atoms with E-state index in [0.717, 1.165) is 16.8 Å². The normalized spacial score (nSPS) is 13.1. The van der Waals surface area contributed by atoms with Gasteiger partial charge >= 0.3 is 5.97 Å². The number of methoxy groups -OCH3 is 1. The largest absolute Gasteiger partial charge is 0.464 e. The number of amides is 1. The first kappa shape index (κ1) is 17.8. The van der Waals surface area contributed by atoms with Crippen LogP contribution in [0.25, 0.3) is 11.3 Å². The molecule has 0 bridgehead atoms. The first-order valence-electron chi connectivity index (χ1n) is 8.73. The van der Waals surface area contributed by atoms with E-state index in [1.165, 1.54) is 25.3 Å². The molecule has 0 saturated heterocycles. The first-order chi connectivity index (χ1) is 13.5. The molecule has 8 heteroatoms. The van der Waals surface area contributed by atoms with Gasteiger partial charge in [0.2, 0.25) is 0 Å². The van der Waals surface area contributed by atoms with E-state index in [0.29, 0.717) is 30.9 Å². The van der Waals surface area contributed by atoms with Crippen molar-refractivity contribution in [2.75, 3.05) is 13.7 Å². The number of esters is 1. The molecule has 0 aliphatic carbocycles. The van der Waals surface area contributed by atoms with E-state index in [9.17, 15) is 14.0 Å². The number of aromatic nitrogens is 3. The van der Waals surface area contributed by atoms with Gasteiger partial charge in [-0.25, -0.2) is 9.18 Å². The molecular weight excluding hydrogens is 363 g/mol. The molecule has 7 nitrogen and oxygen atoms in total. The molecule has 1 aromatic carbocycles. The highest BCUT2D eigenvalue weighted by atomic mass is 19.1. The average molecular weight is 380 g/mol. The summed E-state index contributed by atoms with van der Waals surface area (Å²) in [5.74, 6) is -1.05. The monoisotopic (exact) mass is 380 g/mol. The molecule has 142 valence electrons. The number of carbonyl (C=O) groups is 2. The second-order valence-electron chi connectivity index (χ2n) is 6.46. The highest BCUT2D eigenvalue weighted by molar-refractivity contribution is 5.95. The average Bonchev–Trinajstić information content (AvgIpc) is 3.22. The molecule has 1 aliphatic rings. The maximum Gasteiger partial charge on any atom is 0.354 e. The van der Waals surface area contributed by atoms with Gasteiger partial charge in [0.25, 0.3) is 5.91 Å². The Morgan fingerprint density at radius 2 is 1.86 bits per heavy atom. The van der Waals surface area contributed by atoms with Crippen molar-refractivity contribution in [2.45, 2.75) is 13.0 Å². The molecule has 1 amide bonds. The topological polar surface area (TPSA) is 88.2 Å². The van der Waals surface area contributed by atoms with Crippen LogP contribution in [0.15, 0.2) is 42.5 Å². The van der Waals surface area contributed by atoms with Crippen LogP contribution >= 0.6 is 0 Å². The number of nitrogens with zero attached hydrogens (tertiary/aromatic N) is 3. The fraction of sp³-hybridized carbons (Fsp3) is 0.200. The van der Waals surface area contributed by atoms with Gasteiger partial charge in [0.1, 0.15) is 17.2 Å². The van der Waals surface area contributed by atoms with E-state index in [1.807, 2.05) is 6.07 Å². The molecule has 28 heavy (non-hydrogen) atoms. The molecule has 4 rings (SSSR count). The van der Waals surface area contributed by atoms with Crippen molar-refractivity contribution in [2.24, 2.45) is 0 Å². The van der Waals surface area contributed by atoms with E-state index < -0.39 is 5.97 Å². The fourth-order valence-electron chi connectivity index (χ4n) is 3.18. The molecule has 0 unspecified atom stereocenters. The molecule has 1 N–H and O–H groups in total. The smallest absolute Gasteiger partial charge is 0.354 e. The summed E-state index contributed by atoms with van der Waals surface area (Å²) < 4.78 is 17.8. The summed E-state index contributed by atoms with van der Waals surface area (Å²) in [6, 6.07) is 11.0. The van der Waals surface area contributed by atoms with Crippen molar-refractivity contribution in [3.05, 3.63) is 70.9 Å². The maximum atomic E-state index is 13.1. The van der Waals surface area contributed by atoms with Gasteiger partial charge in [0.15, 0.2) is 0 Å². The van der Waals surface area contributed by atoms with E-state index in [4.69, 9.17) is 0 Å². The Morgan fingerprint density at radius 3 is 2.61 bits per heavy atom. The van der Waals surface area contributed by atoms with Crippen LogP contribution in [0.2, 0.25) is 0 Å². The highest BCUT2D eigenvalue weighted by Gasteiger charge is 2.25. The summed E-state index contributed by atoms with van der Waals surface area (Å²) in [7, 11) is 1.28. The number of hydrogen-bond acceptors (Lipinski definition) is 5. The first-order valence-corrected chi connectivity index (χ1v) is 8.73. The molecule has 2 aromatic heterocycles. The zero-order valence-corrected chi connectivity index (χ0v) is 15.1. The number of rotatable bonds is 3. The van der Waals surface area contributed by atoms with Crippen LogP contribution in [0.1, 0.15) is 32.2 Å². The Morgan fingerprint density at radius 1 is 1.11 bits per heavy atom. The Balaban J connectivity index is 1.56. The van der Waals surface area contributed by atoms with Gasteiger partial charge in [-0.05, 0) is 48.0 Å². The third-order valence-corrected chi connectivity index (χ3v) is 4.69. The third kappa shape index (κ3) is 3.36. The van der Waals surface area contributed by atoms with Crippen molar-refractivity contribution in [3.63, 3.8) is 0 Å². The molecule has 0 saturated carbocycles. The lowest BCUT2D eigenvalue weighted by molar-refractivity contribution is 0.0594. The number of halogens is 1. The van der Waals surface area contributed by atoms with Gasteiger partial charge in [-0.1, -0.05) is 0 Å². The number of nitrogens with one attached hydrogen (secondary N) is 1. The van der Waals surface area contributed by atoms with Crippen molar-refractivity contribution >= 4 is 11.9 Å². The molecular formula is C20H17FN4O3. The SMILES string of the molecule is COC(=O)c1ccc(C(=O)N2CCc3nnc(-c4ccc(F)cc4)cc3C2)[nH]1. The number of ether oxygens (including phenoxy) is 1. The molecule has 0 fully saturated rings. The van der Waals surface area contributed by atoms with Crippen LogP contribution in [0.4, 0.5) is 4.39 Å². The van der Waals surface area contributed by atoms with Crippen LogP contribution in [0, 0.1) is 5.82 Å². The lowest BCUT2D eigenvalue weighted by atomic mass is 10.0. The summed E-state index contributed by atoms with van der Waals surface area (Å²) in [4.78, 5) is 28.8. The van der Waals surface area contributed by atoms with Gasteiger partial charge in [-0.15, -0.1) is 0 Å². The quantitative estimate of drug-likeness (QED) is 0.706. The Hall–Kier alpha value is -3.55. The molecule has 3 heterocycles. The Kier molecular flexibility index (Phi) is 4.60. The number of aromatic amines is 1. The van der Waals surface area contributed by atoms with E-state index in [-0.39, 0.29) is 17.4 Å². The van der Waals surface area contributed by atoms with Gasteiger partial charge in [0.05, 0.1) is 18.5 Å². The van der Waals surface area contributed by atoms with Crippen molar-refractivity contribution in [1.29, 1.82) is 0 Å². The minimum absolute atomic E-state index is 0.207.